The number of hydrogen-bond acceptors (Lipinski definition) is 4. The molecule has 2 aliphatic heterocycles. The van der Waals surface area contributed by atoms with E-state index in [1.807, 2.05) is 42.5 Å². The van der Waals surface area contributed by atoms with Crippen LogP contribution in [0, 0.1) is 5.41 Å². The predicted molar refractivity (Wildman–Crippen MR) is 128 cm³/mol. The lowest BCUT2D eigenvalue weighted by atomic mass is 9.74. The molecule has 7 nitrogen and oxygen atoms in total. The summed E-state index contributed by atoms with van der Waals surface area (Å²) < 4.78 is 9.82. The lowest BCUT2D eigenvalue weighted by Gasteiger charge is -2.42. The smallest absolute Gasteiger partial charge is 0.352 e. The van der Waals surface area contributed by atoms with E-state index in [4.69, 9.17) is 4.74 Å². The molecule has 0 N–H and O–H groups in total. The Labute approximate surface area is 199 Å². The van der Waals surface area contributed by atoms with Crippen molar-refractivity contribution in [2.24, 2.45) is 5.41 Å². The van der Waals surface area contributed by atoms with Crippen LogP contribution < -0.4 is 11.4 Å². The number of nitrogens with zero attached hydrogens (tertiary/aromatic N) is 3. The van der Waals surface area contributed by atoms with E-state index >= 15 is 0 Å². The van der Waals surface area contributed by atoms with Gasteiger partial charge in [-0.05, 0) is 47.2 Å². The number of aromatic nitrogens is 3. The summed E-state index contributed by atoms with van der Waals surface area (Å²) in [6.45, 7) is 0. The molecule has 1 aromatic heterocycles. The lowest BCUT2D eigenvalue weighted by Crippen LogP contribution is -2.49. The molecule has 0 unspecified atom stereocenters. The number of carbonyl (C=O) groups is 1. The van der Waals surface area contributed by atoms with Crippen molar-refractivity contribution in [3.05, 3.63) is 110 Å². The summed E-state index contributed by atoms with van der Waals surface area (Å²) in [6.07, 6.45) is 5.76. The van der Waals surface area contributed by atoms with Gasteiger partial charge in [0.15, 0.2) is 0 Å². The van der Waals surface area contributed by atoms with Gasteiger partial charge in [-0.3, -0.25) is 0 Å². The van der Waals surface area contributed by atoms with Gasteiger partial charge >= 0.3 is 17.3 Å². The summed E-state index contributed by atoms with van der Waals surface area (Å²) in [6, 6.07) is 18.5. The second-order valence-electron chi connectivity index (χ2n) is 10.1. The van der Waals surface area contributed by atoms with Gasteiger partial charge in [0.05, 0.1) is 30.4 Å². The highest BCUT2D eigenvalue weighted by molar-refractivity contribution is 6.04. The van der Waals surface area contributed by atoms with E-state index < -0.39 is 0 Å². The third kappa shape index (κ3) is 1.89. The molecule has 0 spiro atoms. The fraction of sp³-hybridized carbons (Fsp3) is 0.250. The molecule has 7 aliphatic rings. The van der Waals surface area contributed by atoms with Gasteiger partial charge in [-0.25, -0.2) is 28.3 Å². The zero-order chi connectivity index (χ0) is 23.7. The quantitative estimate of drug-likeness (QED) is 0.338. The van der Waals surface area contributed by atoms with E-state index in [-0.39, 0.29) is 40.3 Å². The van der Waals surface area contributed by atoms with Crippen molar-refractivity contribution >= 4 is 5.97 Å². The van der Waals surface area contributed by atoms with Crippen molar-refractivity contribution in [1.29, 1.82) is 0 Å². The molecule has 1 aromatic carbocycles. The highest BCUT2D eigenvalue weighted by Gasteiger charge is 2.82. The minimum Gasteiger partial charge on any atom is -0.465 e. The van der Waals surface area contributed by atoms with Crippen LogP contribution in [0.1, 0.15) is 40.0 Å². The Kier molecular flexibility index (Phi) is 3.25. The normalized spacial score (nSPS) is 28.4. The Hall–Kier alpha value is -4.13. The maximum atomic E-state index is 13.8. The van der Waals surface area contributed by atoms with Crippen LogP contribution in [-0.2, 0) is 16.6 Å². The van der Waals surface area contributed by atoms with Crippen molar-refractivity contribution in [1.82, 2.24) is 13.9 Å². The van der Waals surface area contributed by atoms with Crippen molar-refractivity contribution < 1.29 is 9.53 Å². The number of carbonyl (C=O) groups excluding carboxylic acids is 1. The molecule has 0 saturated heterocycles. The first-order valence-corrected chi connectivity index (χ1v) is 11.9. The summed E-state index contributed by atoms with van der Waals surface area (Å²) in [5.41, 5.74) is 4.12. The van der Waals surface area contributed by atoms with E-state index in [2.05, 4.69) is 18.2 Å². The van der Waals surface area contributed by atoms with Crippen molar-refractivity contribution in [2.75, 3.05) is 7.11 Å². The number of benzene rings is 1. The second kappa shape index (κ2) is 5.92. The number of ether oxygens (including phenoxy) is 1. The van der Waals surface area contributed by atoms with Gasteiger partial charge in [0.1, 0.15) is 0 Å². The summed E-state index contributed by atoms with van der Waals surface area (Å²) in [7, 11) is 1.42. The Bertz CT molecular complexity index is 1730. The Morgan fingerprint density at radius 2 is 1.51 bits per heavy atom. The third-order valence-electron chi connectivity index (χ3n) is 8.96. The molecule has 4 atom stereocenters. The summed E-state index contributed by atoms with van der Waals surface area (Å²) in [4.78, 5) is 40.4. The van der Waals surface area contributed by atoms with Gasteiger partial charge in [0.2, 0.25) is 0 Å². The molecule has 9 rings (SSSR count). The Morgan fingerprint density at radius 1 is 0.886 bits per heavy atom. The van der Waals surface area contributed by atoms with E-state index in [1.165, 1.54) is 11.7 Å². The Balaban J connectivity index is 1.42. The third-order valence-corrected chi connectivity index (χ3v) is 8.96. The summed E-state index contributed by atoms with van der Waals surface area (Å²) in [5.74, 6) is -0.336. The zero-order valence-electron chi connectivity index (χ0n) is 19.0. The van der Waals surface area contributed by atoms with Crippen LogP contribution in [0.5, 0.6) is 0 Å². The molecule has 172 valence electrons. The minimum absolute atomic E-state index is 0.221. The molecule has 7 heteroatoms. The number of fused-ring (bicyclic) bond motifs is 3. The van der Waals surface area contributed by atoms with Gasteiger partial charge < -0.3 is 4.74 Å². The highest BCUT2D eigenvalue weighted by atomic mass is 16.5. The Morgan fingerprint density at radius 3 is 2.23 bits per heavy atom. The van der Waals surface area contributed by atoms with E-state index in [0.717, 1.165) is 28.7 Å². The number of para-hydroxylation sites is 1. The van der Waals surface area contributed by atoms with E-state index in [9.17, 15) is 14.4 Å². The van der Waals surface area contributed by atoms with Crippen molar-refractivity contribution in [3.63, 3.8) is 0 Å². The van der Waals surface area contributed by atoms with Crippen LogP contribution in [-0.4, -0.2) is 27.0 Å². The monoisotopic (exact) mass is 463 g/mol. The lowest BCUT2D eigenvalue weighted by molar-refractivity contribution is 0.0600. The molecule has 3 heterocycles. The fourth-order valence-electron chi connectivity index (χ4n) is 7.74. The molecular weight excluding hydrogens is 442 g/mol. The van der Waals surface area contributed by atoms with Gasteiger partial charge in [-0.1, -0.05) is 60.7 Å². The molecule has 1 saturated carbocycles. The van der Waals surface area contributed by atoms with Crippen LogP contribution in [0.3, 0.4) is 0 Å². The molecular formula is C28H21N3O4. The van der Waals surface area contributed by atoms with Crippen molar-refractivity contribution in [2.45, 2.75) is 30.3 Å². The van der Waals surface area contributed by atoms with Gasteiger partial charge in [0, 0.05) is 10.8 Å². The molecule has 0 radical (unpaired) electrons. The molecule has 2 aromatic rings. The van der Waals surface area contributed by atoms with Gasteiger partial charge in [-0.15, -0.1) is 0 Å². The van der Waals surface area contributed by atoms with Gasteiger partial charge in [0.25, 0.3) is 0 Å². The maximum absolute atomic E-state index is 13.8. The standard InChI is InChI=1S/C28H21N3O4/c1-35-24(32)22-17-10-6-3-7-11-18(17)23-19(22)14-27-15-28(23,27)21-13-12-20(27)30-25(33)29(26(34)31(21)30)16-8-4-2-5-9-16/h2-13,20-21H,14-15H2,1H3/t20-,21+,27+,28-/m0/s1. The average Bonchev–Trinajstić information content (AvgIpc) is 3.36. The molecule has 1 fully saturated rings. The summed E-state index contributed by atoms with van der Waals surface area (Å²) in [5, 5.41) is 0. The largest absolute Gasteiger partial charge is 0.465 e. The fourth-order valence-corrected chi connectivity index (χ4v) is 7.74. The zero-order valence-corrected chi connectivity index (χ0v) is 19.0. The number of methoxy groups -OCH3 is 1. The number of allylic oxidation sites excluding steroid dienone is 2. The molecule has 0 amide bonds. The summed E-state index contributed by atoms with van der Waals surface area (Å²) >= 11 is 0. The number of hydrogen-bond donors (Lipinski definition) is 0. The molecule has 5 aliphatic carbocycles. The van der Waals surface area contributed by atoms with Crippen LogP contribution in [0.2, 0.25) is 0 Å². The maximum Gasteiger partial charge on any atom is 0.352 e. The van der Waals surface area contributed by atoms with E-state index in [1.54, 1.807) is 21.5 Å². The van der Waals surface area contributed by atoms with Crippen LogP contribution >= 0.6 is 0 Å². The number of esters is 1. The number of rotatable bonds is 2. The SMILES string of the molecule is COC(=O)c1c2cccccc-2c2c1C[C@]13C[C@]21[C@H]1C=C[C@@H]3n2c(=O)n(-c3ccccc3)c(=O)n21. The highest BCUT2D eigenvalue weighted by Crippen LogP contribution is 2.84. The average molecular weight is 463 g/mol. The topological polar surface area (TPSA) is 75.2 Å². The first-order chi connectivity index (χ1) is 17.0. The van der Waals surface area contributed by atoms with Crippen LogP contribution in [0.15, 0.2) is 82.4 Å². The first-order valence-electron chi connectivity index (χ1n) is 11.9. The van der Waals surface area contributed by atoms with E-state index in [0.29, 0.717) is 17.7 Å². The predicted octanol–water partition coefficient (Wildman–Crippen LogP) is 3.24. The molecule has 2 bridgehead atoms. The minimum atomic E-state index is -0.336. The molecule has 35 heavy (non-hydrogen) atoms. The van der Waals surface area contributed by atoms with Crippen LogP contribution in [0.4, 0.5) is 0 Å². The van der Waals surface area contributed by atoms with Crippen molar-refractivity contribution in [3.8, 4) is 16.8 Å². The van der Waals surface area contributed by atoms with Crippen LogP contribution in [0.25, 0.3) is 16.8 Å². The second-order valence-corrected chi connectivity index (χ2v) is 10.1. The van der Waals surface area contributed by atoms with Gasteiger partial charge in [-0.2, -0.15) is 0 Å². The first kappa shape index (κ1) is 19.2.